The Bertz CT molecular complexity index is 727. The first-order valence-corrected chi connectivity index (χ1v) is 8.90. The van der Waals surface area contributed by atoms with Crippen LogP contribution in [0.5, 0.6) is 0 Å². The standard InChI is InChI=1S/C18H19FN2O2S/c1-12-10-16(12)17-7-4-14(23-17)11-20-21-18(22)8-9-24-15-5-2-13(19)3-6-15/h2-7,11-12,16H,8-10H2,1H3,(H,21,22)/b20-11-/t12-,16+/m0/s1. The van der Waals surface area contributed by atoms with Crippen molar-refractivity contribution in [1.29, 1.82) is 0 Å². The van der Waals surface area contributed by atoms with Crippen LogP contribution in [0.15, 0.2) is 50.8 Å². The Kier molecular flexibility index (Phi) is 5.35. The number of carbonyl (C=O) groups is 1. The van der Waals surface area contributed by atoms with Crippen molar-refractivity contribution in [3.63, 3.8) is 0 Å². The lowest BCUT2D eigenvalue weighted by Crippen LogP contribution is -2.17. The summed E-state index contributed by atoms with van der Waals surface area (Å²) in [4.78, 5) is 12.7. The van der Waals surface area contributed by atoms with Gasteiger partial charge in [0, 0.05) is 23.0 Å². The normalized spacial score (nSPS) is 19.6. The highest BCUT2D eigenvalue weighted by Crippen LogP contribution is 2.47. The SMILES string of the molecule is C[C@H]1C[C@H]1c1ccc(/C=N\NC(=O)CCSc2ccc(F)cc2)o1. The molecule has 6 heteroatoms. The number of hydrogen-bond acceptors (Lipinski definition) is 4. The van der Waals surface area contributed by atoms with E-state index in [0.29, 0.717) is 29.8 Å². The summed E-state index contributed by atoms with van der Waals surface area (Å²) in [6.45, 7) is 2.20. The molecule has 0 spiro atoms. The van der Waals surface area contributed by atoms with Crippen molar-refractivity contribution in [2.75, 3.05) is 5.75 Å². The van der Waals surface area contributed by atoms with E-state index in [2.05, 4.69) is 17.5 Å². The summed E-state index contributed by atoms with van der Waals surface area (Å²) >= 11 is 1.50. The molecule has 1 fully saturated rings. The highest BCUT2D eigenvalue weighted by Gasteiger charge is 2.36. The van der Waals surface area contributed by atoms with Gasteiger partial charge in [0.1, 0.15) is 17.3 Å². The van der Waals surface area contributed by atoms with E-state index >= 15 is 0 Å². The van der Waals surface area contributed by atoms with Crippen LogP contribution in [-0.2, 0) is 4.79 Å². The number of hydrogen-bond donors (Lipinski definition) is 1. The maximum absolute atomic E-state index is 12.8. The van der Waals surface area contributed by atoms with Gasteiger partial charge in [-0.15, -0.1) is 11.8 Å². The summed E-state index contributed by atoms with van der Waals surface area (Å²) < 4.78 is 18.5. The molecule has 1 N–H and O–H groups in total. The molecular weight excluding hydrogens is 327 g/mol. The summed E-state index contributed by atoms with van der Waals surface area (Å²) in [6.07, 6.45) is 3.02. The maximum Gasteiger partial charge on any atom is 0.240 e. The third-order valence-corrected chi connectivity index (χ3v) is 4.93. The molecule has 1 aromatic carbocycles. The summed E-state index contributed by atoms with van der Waals surface area (Å²) in [5.74, 6) is 3.05. The zero-order valence-corrected chi connectivity index (χ0v) is 14.2. The number of furan rings is 1. The lowest BCUT2D eigenvalue weighted by atomic mass is 10.3. The molecule has 3 rings (SSSR count). The molecule has 2 atom stereocenters. The van der Waals surface area contributed by atoms with Crippen LogP contribution in [0, 0.1) is 11.7 Å². The number of amides is 1. The summed E-state index contributed by atoms with van der Waals surface area (Å²) in [7, 11) is 0. The van der Waals surface area contributed by atoms with Gasteiger partial charge in [0.2, 0.25) is 5.91 Å². The smallest absolute Gasteiger partial charge is 0.240 e. The molecule has 0 bridgehead atoms. The minimum absolute atomic E-state index is 0.163. The molecule has 0 unspecified atom stereocenters. The van der Waals surface area contributed by atoms with E-state index < -0.39 is 0 Å². The van der Waals surface area contributed by atoms with E-state index in [9.17, 15) is 9.18 Å². The van der Waals surface area contributed by atoms with E-state index in [1.54, 1.807) is 12.1 Å². The fourth-order valence-corrected chi connectivity index (χ4v) is 3.22. The second kappa shape index (κ2) is 7.66. The molecular formula is C18H19FN2O2S. The van der Waals surface area contributed by atoms with Crippen molar-refractivity contribution in [2.24, 2.45) is 11.0 Å². The van der Waals surface area contributed by atoms with Crippen LogP contribution >= 0.6 is 11.8 Å². The van der Waals surface area contributed by atoms with Gasteiger partial charge in [0.05, 0.1) is 6.21 Å². The van der Waals surface area contributed by atoms with E-state index in [0.717, 1.165) is 10.7 Å². The molecule has 2 aromatic rings. The Labute approximate surface area is 144 Å². The highest BCUT2D eigenvalue weighted by atomic mass is 32.2. The summed E-state index contributed by atoms with van der Waals surface area (Å²) in [6, 6.07) is 10.0. The zero-order chi connectivity index (χ0) is 16.9. The number of hydrazone groups is 1. The Morgan fingerprint density at radius 1 is 1.38 bits per heavy atom. The molecule has 1 aromatic heterocycles. The average Bonchev–Trinajstić information content (AvgIpc) is 3.11. The fraction of sp³-hybridized carbons (Fsp3) is 0.333. The minimum Gasteiger partial charge on any atom is -0.460 e. The predicted molar refractivity (Wildman–Crippen MR) is 92.7 cm³/mol. The maximum atomic E-state index is 12.8. The van der Waals surface area contributed by atoms with Crippen LogP contribution in [0.2, 0.25) is 0 Å². The molecule has 1 amide bonds. The molecule has 1 aliphatic rings. The number of nitrogens with zero attached hydrogens (tertiary/aromatic N) is 1. The number of halogens is 1. The quantitative estimate of drug-likeness (QED) is 0.465. The number of thioether (sulfide) groups is 1. The van der Waals surface area contributed by atoms with Gasteiger partial charge < -0.3 is 4.42 Å². The van der Waals surface area contributed by atoms with Crippen molar-refractivity contribution >= 4 is 23.9 Å². The molecule has 4 nitrogen and oxygen atoms in total. The van der Waals surface area contributed by atoms with Gasteiger partial charge in [-0.25, -0.2) is 9.82 Å². The van der Waals surface area contributed by atoms with Crippen LogP contribution in [0.25, 0.3) is 0 Å². The molecule has 1 aliphatic carbocycles. The molecule has 126 valence electrons. The second-order valence-electron chi connectivity index (χ2n) is 5.91. The Balaban J connectivity index is 1.37. The molecule has 0 aliphatic heterocycles. The monoisotopic (exact) mass is 346 g/mol. The number of rotatable bonds is 7. The minimum atomic E-state index is -0.261. The lowest BCUT2D eigenvalue weighted by molar-refractivity contribution is -0.120. The first-order chi connectivity index (χ1) is 11.6. The lowest BCUT2D eigenvalue weighted by Gasteiger charge is -2.01. The topological polar surface area (TPSA) is 54.6 Å². The molecule has 1 heterocycles. The van der Waals surface area contributed by atoms with Gasteiger partial charge in [-0.3, -0.25) is 4.79 Å². The summed E-state index contributed by atoms with van der Waals surface area (Å²) in [5.41, 5.74) is 2.49. The Hall–Kier alpha value is -2.08. The van der Waals surface area contributed by atoms with Crippen molar-refractivity contribution in [1.82, 2.24) is 5.43 Å². The van der Waals surface area contributed by atoms with Crippen LogP contribution in [0.3, 0.4) is 0 Å². The van der Waals surface area contributed by atoms with E-state index in [-0.39, 0.29) is 11.7 Å². The largest absolute Gasteiger partial charge is 0.460 e. The molecule has 24 heavy (non-hydrogen) atoms. The average molecular weight is 346 g/mol. The van der Waals surface area contributed by atoms with Gasteiger partial charge in [-0.05, 0) is 48.7 Å². The Morgan fingerprint density at radius 3 is 2.83 bits per heavy atom. The van der Waals surface area contributed by atoms with Crippen molar-refractivity contribution in [3.8, 4) is 0 Å². The molecule has 1 saturated carbocycles. The van der Waals surface area contributed by atoms with Gasteiger partial charge in [-0.2, -0.15) is 5.10 Å². The number of benzene rings is 1. The molecule has 0 saturated heterocycles. The van der Waals surface area contributed by atoms with E-state index in [1.807, 2.05) is 12.1 Å². The summed E-state index contributed by atoms with van der Waals surface area (Å²) in [5, 5.41) is 3.91. The fourth-order valence-electron chi connectivity index (χ4n) is 2.37. The van der Waals surface area contributed by atoms with Gasteiger partial charge in [0.25, 0.3) is 0 Å². The van der Waals surface area contributed by atoms with Crippen molar-refractivity contribution in [2.45, 2.75) is 30.6 Å². The van der Waals surface area contributed by atoms with Gasteiger partial charge in [-0.1, -0.05) is 6.92 Å². The van der Waals surface area contributed by atoms with Crippen molar-refractivity contribution in [3.05, 3.63) is 53.7 Å². The zero-order valence-electron chi connectivity index (χ0n) is 13.4. The molecule has 0 radical (unpaired) electrons. The van der Waals surface area contributed by atoms with E-state index in [4.69, 9.17) is 4.42 Å². The number of nitrogens with one attached hydrogen (secondary N) is 1. The first kappa shape index (κ1) is 16.8. The second-order valence-corrected chi connectivity index (χ2v) is 7.07. The predicted octanol–water partition coefficient (Wildman–Crippen LogP) is 4.17. The van der Waals surface area contributed by atoms with E-state index in [1.165, 1.54) is 36.5 Å². The highest BCUT2D eigenvalue weighted by molar-refractivity contribution is 7.99. The third-order valence-electron chi connectivity index (χ3n) is 3.92. The van der Waals surface area contributed by atoms with Crippen LogP contribution in [0.1, 0.15) is 37.2 Å². The van der Waals surface area contributed by atoms with Gasteiger partial charge >= 0.3 is 0 Å². The first-order valence-electron chi connectivity index (χ1n) is 7.92. The van der Waals surface area contributed by atoms with Crippen LogP contribution < -0.4 is 5.43 Å². The van der Waals surface area contributed by atoms with Crippen molar-refractivity contribution < 1.29 is 13.6 Å². The Morgan fingerprint density at radius 2 is 2.12 bits per heavy atom. The third kappa shape index (κ3) is 4.71. The van der Waals surface area contributed by atoms with Crippen LogP contribution in [0.4, 0.5) is 4.39 Å². The van der Waals surface area contributed by atoms with Gasteiger partial charge in [0.15, 0.2) is 0 Å². The number of carbonyl (C=O) groups excluding carboxylic acids is 1. The van der Waals surface area contributed by atoms with Crippen LogP contribution in [-0.4, -0.2) is 17.9 Å².